The number of hydrogen-bond acceptors (Lipinski definition) is 9. The molecule has 48 heavy (non-hydrogen) atoms. The Morgan fingerprint density at radius 2 is 1.69 bits per heavy atom. The lowest BCUT2D eigenvalue weighted by molar-refractivity contribution is 0.255. The van der Waals surface area contributed by atoms with Gasteiger partial charge in [0.15, 0.2) is 0 Å². The Labute approximate surface area is 284 Å². The summed E-state index contributed by atoms with van der Waals surface area (Å²) in [4.78, 5) is 13.4. The number of hydrogen-bond donors (Lipinski definition) is 3. The van der Waals surface area contributed by atoms with E-state index in [2.05, 4.69) is 76.9 Å². The highest BCUT2D eigenvalue weighted by molar-refractivity contribution is 6.32. The quantitative estimate of drug-likeness (QED) is 0.130. The van der Waals surface area contributed by atoms with Crippen LogP contribution in [0.3, 0.4) is 0 Å². The fourth-order valence-electron chi connectivity index (χ4n) is 5.71. The van der Waals surface area contributed by atoms with Gasteiger partial charge in [0.05, 0.1) is 29.6 Å². The standard InChI is InChI=1S/C38H35ClN6O3/c1-24-29(22-48-37-15-36(30(14-34(37)39)19-42-23-46)47-21-27-13-26(16-40)17-41-18-27)5-3-6-31(24)32-7-4-8-33(25(32)2)35-10-9-28(20-45-35)38-43-11-12-44-38/h3-10,13-15,17-18,20,42,46H,11-12,19,21-23H2,1-2H3,(H,43,44). The van der Waals surface area contributed by atoms with Gasteiger partial charge < -0.3 is 19.9 Å². The van der Waals surface area contributed by atoms with Crippen molar-refractivity contribution in [2.75, 3.05) is 19.8 Å². The largest absolute Gasteiger partial charge is 0.488 e. The molecule has 0 saturated carbocycles. The van der Waals surface area contributed by atoms with Crippen molar-refractivity contribution in [3.63, 3.8) is 0 Å². The normalized spacial score (nSPS) is 12.3. The van der Waals surface area contributed by atoms with E-state index in [-0.39, 0.29) is 13.3 Å². The predicted octanol–water partition coefficient (Wildman–Crippen LogP) is 6.50. The number of rotatable bonds is 12. The molecular formula is C38H35ClN6O3. The molecular weight excluding hydrogens is 624 g/mol. The van der Waals surface area contributed by atoms with Crippen molar-refractivity contribution in [1.29, 1.82) is 5.26 Å². The van der Waals surface area contributed by atoms with E-state index in [1.165, 1.54) is 6.20 Å². The third-order valence-corrected chi connectivity index (χ3v) is 8.60. The molecule has 0 spiro atoms. The summed E-state index contributed by atoms with van der Waals surface area (Å²) in [7, 11) is 0. The average Bonchev–Trinajstić information content (AvgIpc) is 3.66. The number of benzene rings is 3. The molecule has 10 heteroatoms. The van der Waals surface area contributed by atoms with Gasteiger partial charge in [-0.2, -0.15) is 5.26 Å². The Balaban J connectivity index is 1.22. The fraction of sp³-hybridized carbons (Fsp3) is 0.211. The molecule has 3 heterocycles. The van der Waals surface area contributed by atoms with Crippen LogP contribution in [0.4, 0.5) is 0 Å². The molecule has 2 aromatic heterocycles. The maximum atomic E-state index is 9.33. The molecule has 5 aromatic rings. The number of halogens is 1. The zero-order valence-electron chi connectivity index (χ0n) is 26.8. The first-order valence-electron chi connectivity index (χ1n) is 15.6. The highest BCUT2D eigenvalue weighted by Gasteiger charge is 2.16. The Morgan fingerprint density at radius 3 is 2.44 bits per heavy atom. The van der Waals surface area contributed by atoms with E-state index in [1.54, 1.807) is 24.4 Å². The molecule has 242 valence electrons. The van der Waals surface area contributed by atoms with Gasteiger partial charge >= 0.3 is 0 Å². The third kappa shape index (κ3) is 7.32. The van der Waals surface area contributed by atoms with Crippen LogP contribution in [0.5, 0.6) is 11.5 Å². The molecule has 0 fully saturated rings. The first-order chi connectivity index (χ1) is 23.4. The third-order valence-electron chi connectivity index (χ3n) is 8.30. The van der Waals surface area contributed by atoms with Crippen LogP contribution in [0.25, 0.3) is 22.4 Å². The van der Waals surface area contributed by atoms with Crippen LogP contribution >= 0.6 is 11.6 Å². The van der Waals surface area contributed by atoms with Crippen molar-refractivity contribution in [3.05, 3.63) is 129 Å². The van der Waals surface area contributed by atoms with Crippen LogP contribution in [-0.2, 0) is 19.8 Å². The van der Waals surface area contributed by atoms with Crippen LogP contribution in [0, 0.1) is 25.2 Å². The average molecular weight is 659 g/mol. The van der Waals surface area contributed by atoms with Crippen LogP contribution in [0.1, 0.15) is 38.9 Å². The van der Waals surface area contributed by atoms with Crippen molar-refractivity contribution in [2.45, 2.75) is 33.6 Å². The van der Waals surface area contributed by atoms with Crippen LogP contribution in [0.15, 0.2) is 90.3 Å². The minimum absolute atomic E-state index is 0.196. The van der Waals surface area contributed by atoms with E-state index in [0.717, 1.165) is 74.7 Å². The van der Waals surface area contributed by atoms with Gasteiger partial charge in [0, 0.05) is 60.0 Å². The van der Waals surface area contributed by atoms with Crippen LogP contribution in [-0.4, -0.2) is 40.7 Å². The number of aromatic nitrogens is 2. The summed E-state index contributed by atoms with van der Waals surface area (Å²) in [6.07, 6.45) is 5.04. The number of ether oxygens (including phenoxy) is 2. The van der Waals surface area contributed by atoms with Gasteiger partial charge in [0.1, 0.15) is 36.6 Å². The van der Waals surface area contributed by atoms with E-state index >= 15 is 0 Å². The highest BCUT2D eigenvalue weighted by atomic mass is 35.5. The van der Waals surface area contributed by atoms with E-state index in [4.69, 9.17) is 26.1 Å². The molecule has 6 rings (SSSR count). The number of amidine groups is 1. The number of aliphatic hydroxyl groups is 1. The van der Waals surface area contributed by atoms with Gasteiger partial charge in [0.2, 0.25) is 0 Å². The molecule has 0 saturated heterocycles. The number of pyridine rings is 2. The van der Waals surface area contributed by atoms with E-state index in [9.17, 15) is 10.4 Å². The molecule has 1 aliphatic rings. The highest BCUT2D eigenvalue weighted by Crippen LogP contribution is 2.36. The minimum atomic E-state index is -0.196. The summed E-state index contributed by atoms with van der Waals surface area (Å²) in [6, 6.07) is 24.0. The molecule has 9 nitrogen and oxygen atoms in total. The molecule has 3 aromatic carbocycles. The Morgan fingerprint density at radius 1 is 0.896 bits per heavy atom. The first kappa shape index (κ1) is 32.7. The van der Waals surface area contributed by atoms with Crippen molar-refractivity contribution in [1.82, 2.24) is 20.6 Å². The van der Waals surface area contributed by atoms with Gasteiger partial charge in [-0.1, -0.05) is 48.0 Å². The number of nitrogens with one attached hydrogen (secondary N) is 2. The Bertz CT molecular complexity index is 2010. The smallest absolute Gasteiger partial charge is 0.142 e. The summed E-state index contributed by atoms with van der Waals surface area (Å²) >= 11 is 6.68. The van der Waals surface area contributed by atoms with Gasteiger partial charge in [-0.25, -0.2) is 0 Å². The number of aliphatic hydroxyl groups excluding tert-OH is 1. The van der Waals surface area contributed by atoms with Crippen molar-refractivity contribution < 1.29 is 14.6 Å². The first-order valence-corrected chi connectivity index (χ1v) is 16.0. The number of aliphatic imine (C=N–C) groups is 1. The Hall–Kier alpha value is -5.27. The molecule has 0 amide bonds. The Kier molecular flexibility index (Phi) is 10.3. The van der Waals surface area contributed by atoms with Crippen LogP contribution < -0.4 is 20.1 Å². The van der Waals surface area contributed by atoms with Crippen molar-refractivity contribution in [3.8, 4) is 40.0 Å². The number of nitrogens with zero attached hydrogens (tertiary/aromatic N) is 4. The molecule has 0 atom stereocenters. The molecule has 0 aliphatic carbocycles. The summed E-state index contributed by atoms with van der Waals surface area (Å²) in [6.45, 7) is 6.52. The number of nitriles is 1. The monoisotopic (exact) mass is 658 g/mol. The molecule has 0 radical (unpaired) electrons. The van der Waals surface area contributed by atoms with Gasteiger partial charge in [0.25, 0.3) is 0 Å². The fourth-order valence-corrected chi connectivity index (χ4v) is 5.96. The van der Waals surface area contributed by atoms with Crippen LogP contribution in [0.2, 0.25) is 5.02 Å². The SMILES string of the molecule is Cc1c(COc2cc(OCc3cncc(C#N)c3)c(CNCO)cc2Cl)cccc1-c1cccc(-c2ccc(C3=NCCN3)cn2)c1C. The lowest BCUT2D eigenvalue weighted by Gasteiger charge is -2.18. The predicted molar refractivity (Wildman–Crippen MR) is 187 cm³/mol. The van der Waals surface area contributed by atoms with Gasteiger partial charge in [-0.05, 0) is 65.9 Å². The summed E-state index contributed by atoms with van der Waals surface area (Å²) in [5.41, 5.74) is 10.5. The summed E-state index contributed by atoms with van der Waals surface area (Å²) < 4.78 is 12.4. The maximum absolute atomic E-state index is 9.33. The lowest BCUT2D eigenvalue weighted by Crippen LogP contribution is -2.19. The summed E-state index contributed by atoms with van der Waals surface area (Å²) in [5, 5.41) is 25.2. The van der Waals surface area contributed by atoms with Crippen molar-refractivity contribution in [2.24, 2.45) is 4.99 Å². The minimum Gasteiger partial charge on any atom is -0.488 e. The summed E-state index contributed by atoms with van der Waals surface area (Å²) in [5.74, 6) is 1.91. The zero-order valence-corrected chi connectivity index (χ0v) is 27.5. The van der Waals surface area contributed by atoms with E-state index in [0.29, 0.717) is 35.2 Å². The second-order valence-electron chi connectivity index (χ2n) is 11.4. The lowest BCUT2D eigenvalue weighted by atomic mass is 9.90. The maximum Gasteiger partial charge on any atom is 0.142 e. The molecule has 0 bridgehead atoms. The molecule has 1 aliphatic heterocycles. The second kappa shape index (κ2) is 15.1. The van der Waals surface area contributed by atoms with Gasteiger partial charge in [-0.3, -0.25) is 20.3 Å². The molecule has 3 N–H and O–H groups in total. The van der Waals surface area contributed by atoms with Gasteiger partial charge in [-0.15, -0.1) is 0 Å². The van der Waals surface area contributed by atoms with E-state index in [1.807, 2.05) is 18.3 Å². The molecule has 0 unspecified atom stereocenters. The zero-order chi connectivity index (χ0) is 33.5. The second-order valence-corrected chi connectivity index (χ2v) is 11.8. The van der Waals surface area contributed by atoms with Crippen molar-refractivity contribution >= 4 is 17.4 Å². The topological polar surface area (TPSA) is 125 Å². The van der Waals surface area contributed by atoms with E-state index < -0.39 is 0 Å².